The number of benzene rings is 1. The number of rotatable bonds is 6. The van der Waals surface area contributed by atoms with Crippen LogP contribution in [0.3, 0.4) is 0 Å². The zero-order valence-corrected chi connectivity index (χ0v) is 11.8. The van der Waals surface area contributed by atoms with Crippen molar-refractivity contribution in [2.24, 2.45) is 5.73 Å². The third kappa shape index (κ3) is 5.14. The van der Waals surface area contributed by atoms with Crippen molar-refractivity contribution in [1.29, 1.82) is 0 Å². The van der Waals surface area contributed by atoms with E-state index in [9.17, 15) is 0 Å². The van der Waals surface area contributed by atoms with Crippen LogP contribution in [0.15, 0.2) is 24.3 Å². The van der Waals surface area contributed by atoms with Crippen LogP contribution < -0.4 is 10.5 Å². The summed E-state index contributed by atoms with van der Waals surface area (Å²) in [6, 6.07) is 7.94. The van der Waals surface area contributed by atoms with Gasteiger partial charge in [-0.2, -0.15) is 0 Å². The summed E-state index contributed by atoms with van der Waals surface area (Å²) < 4.78 is 11.0. The van der Waals surface area contributed by atoms with E-state index in [2.05, 4.69) is 4.90 Å². The first-order valence-electron chi connectivity index (χ1n) is 6.54. The molecule has 1 aliphatic heterocycles. The number of nitrogens with zero attached hydrogens (tertiary/aromatic N) is 1. The molecular formula is C14H20N2O2S. The number of ether oxygens (including phenoxy) is 2. The summed E-state index contributed by atoms with van der Waals surface area (Å²) in [5.74, 6) is 0.889. The van der Waals surface area contributed by atoms with Crippen molar-refractivity contribution in [2.45, 2.75) is 6.42 Å². The third-order valence-corrected chi connectivity index (χ3v) is 3.23. The number of hydrogen-bond donors (Lipinski definition) is 1. The van der Waals surface area contributed by atoms with E-state index in [4.69, 9.17) is 27.4 Å². The van der Waals surface area contributed by atoms with Gasteiger partial charge in [0.25, 0.3) is 0 Å². The van der Waals surface area contributed by atoms with Gasteiger partial charge in [0.2, 0.25) is 0 Å². The van der Waals surface area contributed by atoms with E-state index >= 15 is 0 Å². The molecular weight excluding hydrogens is 260 g/mol. The Kier molecular flexibility index (Phi) is 5.57. The van der Waals surface area contributed by atoms with Crippen LogP contribution >= 0.6 is 12.2 Å². The fourth-order valence-corrected chi connectivity index (χ4v) is 2.19. The second-order valence-electron chi connectivity index (χ2n) is 4.59. The summed E-state index contributed by atoms with van der Waals surface area (Å²) in [5.41, 5.74) is 6.63. The highest BCUT2D eigenvalue weighted by Gasteiger charge is 2.09. The molecule has 0 aromatic heterocycles. The minimum Gasteiger partial charge on any atom is -0.492 e. The molecule has 0 radical (unpaired) electrons. The van der Waals surface area contributed by atoms with Crippen molar-refractivity contribution in [1.82, 2.24) is 4.90 Å². The van der Waals surface area contributed by atoms with E-state index in [1.54, 1.807) is 0 Å². The summed E-state index contributed by atoms with van der Waals surface area (Å²) in [6.45, 7) is 5.29. The SMILES string of the molecule is NC(=S)Cc1ccc(OCCN2CCOCC2)cc1. The Balaban J connectivity index is 1.71. The monoisotopic (exact) mass is 280 g/mol. The molecule has 1 aromatic carbocycles. The highest BCUT2D eigenvalue weighted by atomic mass is 32.1. The van der Waals surface area contributed by atoms with Crippen molar-refractivity contribution in [2.75, 3.05) is 39.5 Å². The fourth-order valence-electron chi connectivity index (χ4n) is 2.02. The van der Waals surface area contributed by atoms with Crippen LogP contribution in [0.5, 0.6) is 5.75 Å². The minimum atomic E-state index is 0.515. The first kappa shape index (κ1) is 14.2. The quantitative estimate of drug-likeness (QED) is 0.794. The predicted molar refractivity (Wildman–Crippen MR) is 79.7 cm³/mol. The third-order valence-electron chi connectivity index (χ3n) is 3.08. The summed E-state index contributed by atoms with van der Waals surface area (Å²) in [4.78, 5) is 2.87. The van der Waals surface area contributed by atoms with Crippen molar-refractivity contribution in [3.8, 4) is 5.75 Å². The molecule has 0 aliphatic carbocycles. The van der Waals surface area contributed by atoms with Crippen molar-refractivity contribution in [3.63, 3.8) is 0 Å². The Labute approximate surface area is 119 Å². The second kappa shape index (κ2) is 7.43. The molecule has 19 heavy (non-hydrogen) atoms. The molecule has 104 valence electrons. The van der Waals surface area contributed by atoms with E-state index in [0.717, 1.165) is 44.2 Å². The fraction of sp³-hybridized carbons (Fsp3) is 0.500. The zero-order valence-electron chi connectivity index (χ0n) is 11.0. The van der Waals surface area contributed by atoms with Gasteiger partial charge in [-0.1, -0.05) is 24.4 Å². The van der Waals surface area contributed by atoms with Crippen LogP contribution in [0.1, 0.15) is 5.56 Å². The number of nitrogens with two attached hydrogens (primary N) is 1. The van der Waals surface area contributed by atoms with Gasteiger partial charge in [0.15, 0.2) is 0 Å². The highest BCUT2D eigenvalue weighted by molar-refractivity contribution is 7.80. The van der Waals surface area contributed by atoms with Crippen molar-refractivity contribution < 1.29 is 9.47 Å². The maximum absolute atomic E-state index is 5.72. The molecule has 0 spiro atoms. The van der Waals surface area contributed by atoms with Crippen LogP contribution in [0.4, 0.5) is 0 Å². The van der Waals surface area contributed by atoms with Crippen LogP contribution in [-0.4, -0.2) is 49.3 Å². The Bertz CT molecular complexity index is 402. The van der Waals surface area contributed by atoms with Crippen LogP contribution in [0.2, 0.25) is 0 Å². The molecule has 1 aromatic rings. The maximum Gasteiger partial charge on any atom is 0.119 e. The topological polar surface area (TPSA) is 47.7 Å². The van der Waals surface area contributed by atoms with Gasteiger partial charge in [-0.3, -0.25) is 4.90 Å². The van der Waals surface area contributed by atoms with Crippen molar-refractivity contribution in [3.05, 3.63) is 29.8 Å². The average Bonchev–Trinajstić information content (AvgIpc) is 2.41. The van der Waals surface area contributed by atoms with E-state index in [1.165, 1.54) is 0 Å². The van der Waals surface area contributed by atoms with Gasteiger partial charge in [0, 0.05) is 26.1 Å². The van der Waals surface area contributed by atoms with Gasteiger partial charge in [-0.25, -0.2) is 0 Å². The zero-order chi connectivity index (χ0) is 13.5. The van der Waals surface area contributed by atoms with Gasteiger partial charge >= 0.3 is 0 Å². The summed E-state index contributed by atoms with van der Waals surface area (Å²) >= 11 is 4.88. The Morgan fingerprint density at radius 3 is 2.58 bits per heavy atom. The molecule has 4 nitrogen and oxygen atoms in total. The Morgan fingerprint density at radius 2 is 1.95 bits per heavy atom. The van der Waals surface area contributed by atoms with Crippen LogP contribution in [0, 0.1) is 0 Å². The molecule has 1 aliphatic rings. The molecule has 0 atom stereocenters. The summed E-state index contributed by atoms with van der Waals surface area (Å²) in [6.07, 6.45) is 0.642. The lowest BCUT2D eigenvalue weighted by Gasteiger charge is -2.26. The van der Waals surface area contributed by atoms with E-state index in [1.807, 2.05) is 24.3 Å². The number of thiocarbonyl (C=S) groups is 1. The van der Waals surface area contributed by atoms with Gasteiger partial charge in [0.05, 0.1) is 18.2 Å². The van der Waals surface area contributed by atoms with E-state index < -0.39 is 0 Å². The van der Waals surface area contributed by atoms with Crippen molar-refractivity contribution >= 4 is 17.2 Å². The Morgan fingerprint density at radius 1 is 1.26 bits per heavy atom. The number of morpholine rings is 1. The predicted octanol–water partition coefficient (Wildman–Crippen LogP) is 1.23. The van der Waals surface area contributed by atoms with Gasteiger partial charge in [-0.05, 0) is 17.7 Å². The number of hydrogen-bond acceptors (Lipinski definition) is 4. The lowest BCUT2D eigenvalue weighted by Crippen LogP contribution is -2.38. The van der Waals surface area contributed by atoms with Gasteiger partial charge in [0.1, 0.15) is 12.4 Å². The minimum absolute atomic E-state index is 0.515. The average molecular weight is 280 g/mol. The highest BCUT2D eigenvalue weighted by Crippen LogP contribution is 2.12. The first-order chi connectivity index (χ1) is 9.24. The summed E-state index contributed by atoms with van der Waals surface area (Å²) in [5, 5.41) is 0. The standard InChI is InChI=1S/C14H20N2O2S/c15-14(19)11-12-1-3-13(4-2-12)18-10-7-16-5-8-17-9-6-16/h1-4H,5-11H2,(H2,15,19). The smallest absolute Gasteiger partial charge is 0.119 e. The molecule has 1 fully saturated rings. The van der Waals surface area contributed by atoms with E-state index in [-0.39, 0.29) is 0 Å². The second-order valence-corrected chi connectivity index (χ2v) is 5.11. The maximum atomic E-state index is 5.72. The molecule has 2 rings (SSSR count). The molecule has 0 saturated carbocycles. The molecule has 0 bridgehead atoms. The summed E-state index contributed by atoms with van der Waals surface area (Å²) in [7, 11) is 0. The molecule has 2 N–H and O–H groups in total. The van der Waals surface area contributed by atoms with Crippen LogP contribution in [0.25, 0.3) is 0 Å². The molecule has 1 heterocycles. The normalized spacial score (nSPS) is 16.2. The van der Waals surface area contributed by atoms with Crippen LogP contribution in [-0.2, 0) is 11.2 Å². The molecule has 0 amide bonds. The Hall–Kier alpha value is -1.17. The lowest BCUT2D eigenvalue weighted by molar-refractivity contribution is 0.0322. The van der Waals surface area contributed by atoms with Gasteiger partial charge < -0.3 is 15.2 Å². The van der Waals surface area contributed by atoms with Gasteiger partial charge in [-0.15, -0.1) is 0 Å². The first-order valence-corrected chi connectivity index (χ1v) is 6.95. The molecule has 0 unspecified atom stereocenters. The largest absolute Gasteiger partial charge is 0.492 e. The molecule has 5 heteroatoms. The molecule has 1 saturated heterocycles. The lowest BCUT2D eigenvalue weighted by atomic mass is 10.1. The van der Waals surface area contributed by atoms with E-state index in [0.29, 0.717) is 18.0 Å².